The first-order valence-electron chi connectivity index (χ1n) is 9.85. The molecule has 2 heterocycles. The maximum Gasteiger partial charge on any atom is 0.318 e. The van der Waals surface area contributed by atoms with E-state index in [1.54, 1.807) is 19.1 Å². The van der Waals surface area contributed by atoms with E-state index in [-0.39, 0.29) is 16.4 Å². The van der Waals surface area contributed by atoms with E-state index < -0.39 is 23.0 Å². The average Bonchev–Trinajstić information content (AvgIpc) is 3.06. The van der Waals surface area contributed by atoms with Gasteiger partial charge >= 0.3 is 6.03 Å². The Bertz CT molecular complexity index is 1250. The Balaban J connectivity index is 1.91. The van der Waals surface area contributed by atoms with Gasteiger partial charge in [0.2, 0.25) is 5.91 Å². The fourth-order valence-corrected chi connectivity index (χ4v) is 6.07. The fraction of sp³-hybridized carbons (Fsp3) is 0.333. The van der Waals surface area contributed by atoms with Gasteiger partial charge in [0, 0.05) is 4.88 Å². The summed E-state index contributed by atoms with van der Waals surface area (Å²) >= 11 is 2.45. The Kier molecular flexibility index (Phi) is 5.85. The van der Waals surface area contributed by atoms with Crippen LogP contribution in [-0.4, -0.2) is 26.7 Å². The number of amides is 3. The minimum absolute atomic E-state index is 0.0658. The van der Waals surface area contributed by atoms with Gasteiger partial charge in [0.1, 0.15) is 10.6 Å². The summed E-state index contributed by atoms with van der Waals surface area (Å²) in [6.07, 6.45) is 2.66. The third-order valence-electron chi connectivity index (χ3n) is 5.29. The minimum Gasteiger partial charge on any atom is -0.351 e. The van der Waals surface area contributed by atoms with Gasteiger partial charge < -0.3 is 5.73 Å². The number of rotatable bonds is 4. The summed E-state index contributed by atoms with van der Waals surface area (Å²) in [6, 6.07) is 4.99. The number of benzene rings is 1. The lowest BCUT2D eigenvalue weighted by atomic mass is 9.89. The van der Waals surface area contributed by atoms with Crippen LogP contribution < -0.4 is 16.6 Å². The van der Waals surface area contributed by atoms with E-state index >= 15 is 0 Å². The quantitative estimate of drug-likeness (QED) is 0.458. The smallest absolute Gasteiger partial charge is 0.318 e. The second kappa shape index (κ2) is 8.43. The van der Waals surface area contributed by atoms with Crippen molar-refractivity contribution in [2.75, 3.05) is 0 Å². The molecule has 0 saturated heterocycles. The Morgan fingerprint density at radius 3 is 2.84 bits per heavy atom. The predicted octanol–water partition coefficient (Wildman–Crippen LogP) is 3.39. The lowest BCUT2D eigenvalue weighted by Gasteiger charge is -2.18. The van der Waals surface area contributed by atoms with E-state index in [9.17, 15) is 18.8 Å². The SMILES string of the molecule is C[C@H]1CCc2c(sc3nc(S[C@@H](C)C(=O)NC(N)=O)n(-c4ccccc4F)c(=O)c23)C1. The van der Waals surface area contributed by atoms with Gasteiger partial charge in [-0.25, -0.2) is 14.2 Å². The number of urea groups is 1. The van der Waals surface area contributed by atoms with Crippen LogP contribution in [-0.2, 0) is 17.6 Å². The highest BCUT2D eigenvalue weighted by atomic mass is 32.2. The predicted molar refractivity (Wildman–Crippen MR) is 119 cm³/mol. The van der Waals surface area contributed by atoms with Crippen LogP contribution in [0.25, 0.3) is 15.9 Å². The van der Waals surface area contributed by atoms with Crippen LogP contribution in [0.15, 0.2) is 34.2 Å². The second-order valence-corrected chi connectivity index (χ2v) is 10.0. The van der Waals surface area contributed by atoms with Crippen molar-refractivity contribution in [3.63, 3.8) is 0 Å². The molecule has 162 valence electrons. The summed E-state index contributed by atoms with van der Waals surface area (Å²) in [7, 11) is 0. The van der Waals surface area contributed by atoms with Crippen LogP contribution in [0.4, 0.5) is 9.18 Å². The van der Waals surface area contributed by atoms with Crippen LogP contribution in [0.3, 0.4) is 0 Å². The first-order chi connectivity index (χ1) is 14.8. The molecule has 1 aliphatic carbocycles. The molecule has 2 aromatic heterocycles. The van der Waals surface area contributed by atoms with Crippen molar-refractivity contribution in [2.45, 2.75) is 43.5 Å². The molecule has 7 nitrogen and oxygen atoms in total. The van der Waals surface area contributed by atoms with Gasteiger partial charge in [-0.3, -0.25) is 19.5 Å². The Morgan fingerprint density at radius 2 is 2.13 bits per heavy atom. The molecule has 10 heteroatoms. The fourth-order valence-electron chi connectivity index (χ4n) is 3.73. The standard InChI is InChI=1S/C21H21FN4O3S2/c1-10-7-8-12-15(9-10)31-18-16(12)19(28)26(14-6-4-3-5-13(14)22)21(25-18)30-11(2)17(27)24-20(23)29/h3-6,10-11H,7-9H2,1-2H3,(H3,23,24,27,29)/t10-,11-/m0/s1. The number of nitrogens with one attached hydrogen (secondary N) is 1. The number of imide groups is 1. The Labute approximate surface area is 185 Å². The number of nitrogens with two attached hydrogens (primary N) is 1. The second-order valence-electron chi connectivity index (χ2n) is 7.63. The van der Waals surface area contributed by atoms with Crippen LogP contribution in [0, 0.1) is 11.7 Å². The van der Waals surface area contributed by atoms with Crippen molar-refractivity contribution < 1.29 is 14.0 Å². The molecular formula is C21H21FN4O3S2. The lowest BCUT2D eigenvalue weighted by molar-refractivity contribution is -0.119. The number of fused-ring (bicyclic) bond motifs is 3. The average molecular weight is 461 g/mol. The first-order valence-corrected chi connectivity index (χ1v) is 11.5. The molecule has 0 bridgehead atoms. The summed E-state index contributed by atoms with van der Waals surface area (Å²) in [5, 5.41) is 1.94. The van der Waals surface area contributed by atoms with Crippen molar-refractivity contribution in [1.29, 1.82) is 0 Å². The highest BCUT2D eigenvalue weighted by Gasteiger charge is 2.27. The van der Waals surface area contributed by atoms with Crippen LogP contribution in [0.1, 0.15) is 30.7 Å². The number of para-hydroxylation sites is 1. The highest BCUT2D eigenvalue weighted by molar-refractivity contribution is 8.00. The number of aromatic nitrogens is 2. The molecule has 0 spiro atoms. The number of carbonyl (C=O) groups is 2. The molecule has 1 aromatic carbocycles. The number of thioether (sulfide) groups is 1. The van der Waals surface area contributed by atoms with Gasteiger partial charge in [-0.1, -0.05) is 30.8 Å². The zero-order valence-electron chi connectivity index (χ0n) is 17.0. The molecule has 4 rings (SSSR count). The van der Waals surface area contributed by atoms with E-state index in [2.05, 4.69) is 11.9 Å². The lowest BCUT2D eigenvalue weighted by Crippen LogP contribution is -2.39. The zero-order valence-corrected chi connectivity index (χ0v) is 18.6. The zero-order chi connectivity index (χ0) is 22.3. The van der Waals surface area contributed by atoms with Gasteiger partial charge in [0.15, 0.2) is 5.16 Å². The number of hydrogen-bond donors (Lipinski definition) is 2. The molecule has 2 atom stereocenters. The summed E-state index contributed by atoms with van der Waals surface area (Å²) in [5.41, 5.74) is 5.74. The third kappa shape index (κ3) is 4.09. The number of halogens is 1. The largest absolute Gasteiger partial charge is 0.351 e. The van der Waals surface area contributed by atoms with Crippen molar-refractivity contribution >= 4 is 45.3 Å². The summed E-state index contributed by atoms with van der Waals surface area (Å²) in [4.78, 5) is 43.2. The van der Waals surface area contributed by atoms with Crippen LogP contribution in [0.2, 0.25) is 0 Å². The monoisotopic (exact) mass is 460 g/mol. The molecule has 3 amide bonds. The van der Waals surface area contributed by atoms with Crippen LogP contribution in [0.5, 0.6) is 0 Å². The molecule has 31 heavy (non-hydrogen) atoms. The molecule has 0 unspecified atom stereocenters. The highest BCUT2D eigenvalue weighted by Crippen LogP contribution is 2.37. The van der Waals surface area contributed by atoms with E-state index in [1.165, 1.54) is 28.0 Å². The van der Waals surface area contributed by atoms with E-state index in [1.807, 2.05) is 5.32 Å². The molecule has 0 radical (unpaired) electrons. The van der Waals surface area contributed by atoms with Gasteiger partial charge in [-0.15, -0.1) is 11.3 Å². The molecule has 3 aromatic rings. The first kappa shape index (κ1) is 21.5. The summed E-state index contributed by atoms with van der Waals surface area (Å²) in [6.45, 7) is 3.74. The van der Waals surface area contributed by atoms with E-state index in [0.717, 1.165) is 41.5 Å². The molecule has 1 aliphatic rings. The van der Waals surface area contributed by atoms with Crippen molar-refractivity contribution in [2.24, 2.45) is 11.7 Å². The van der Waals surface area contributed by atoms with Gasteiger partial charge in [0.05, 0.1) is 16.3 Å². The number of hydrogen-bond acceptors (Lipinski definition) is 6. The summed E-state index contributed by atoms with van der Waals surface area (Å²) in [5.74, 6) is -0.661. The van der Waals surface area contributed by atoms with Crippen molar-refractivity contribution in [3.8, 4) is 5.69 Å². The molecular weight excluding hydrogens is 439 g/mol. The molecule has 0 aliphatic heterocycles. The molecule has 0 saturated carbocycles. The minimum atomic E-state index is -0.965. The number of nitrogens with zero attached hydrogens (tertiary/aromatic N) is 2. The molecule has 0 fully saturated rings. The maximum atomic E-state index is 14.7. The molecule has 3 N–H and O–H groups in total. The Morgan fingerprint density at radius 1 is 1.39 bits per heavy atom. The van der Waals surface area contributed by atoms with E-state index in [0.29, 0.717) is 16.1 Å². The van der Waals surface area contributed by atoms with Crippen LogP contribution >= 0.6 is 23.1 Å². The van der Waals surface area contributed by atoms with Gasteiger partial charge in [0.25, 0.3) is 5.56 Å². The third-order valence-corrected chi connectivity index (χ3v) is 7.49. The van der Waals surface area contributed by atoms with Gasteiger partial charge in [-0.2, -0.15) is 0 Å². The Hall–Kier alpha value is -2.72. The topological polar surface area (TPSA) is 107 Å². The number of primary amides is 1. The summed E-state index contributed by atoms with van der Waals surface area (Å²) < 4.78 is 15.9. The van der Waals surface area contributed by atoms with Gasteiger partial charge in [-0.05, 0) is 49.8 Å². The van der Waals surface area contributed by atoms with E-state index in [4.69, 9.17) is 5.73 Å². The maximum absolute atomic E-state index is 14.7. The number of thiophene rings is 1. The van der Waals surface area contributed by atoms with Crippen molar-refractivity contribution in [3.05, 3.63) is 50.9 Å². The normalized spacial score (nSPS) is 16.7. The number of carbonyl (C=O) groups excluding carboxylic acids is 2. The number of aryl methyl sites for hydroxylation is 1. The van der Waals surface area contributed by atoms with Crippen molar-refractivity contribution in [1.82, 2.24) is 14.9 Å².